The normalized spacial score (nSPS) is 18.1. The third-order valence-electron chi connectivity index (χ3n) is 5.78. The number of hydrogen-bond donors (Lipinski definition) is 1. The quantitative estimate of drug-likeness (QED) is 0.840. The fourth-order valence-corrected chi connectivity index (χ4v) is 4.33. The number of rotatable bonds is 4. The molecule has 1 saturated heterocycles. The van der Waals surface area contributed by atoms with Gasteiger partial charge in [0, 0.05) is 36.0 Å². The van der Waals surface area contributed by atoms with Crippen molar-refractivity contribution < 1.29 is 14.3 Å². The van der Waals surface area contributed by atoms with Gasteiger partial charge in [-0.1, -0.05) is 35.9 Å². The van der Waals surface area contributed by atoms with Crippen molar-refractivity contribution in [2.24, 2.45) is 0 Å². The van der Waals surface area contributed by atoms with E-state index in [0.717, 1.165) is 16.7 Å². The minimum absolute atomic E-state index is 0.00392. The van der Waals surface area contributed by atoms with E-state index in [4.69, 9.17) is 16.3 Å². The van der Waals surface area contributed by atoms with Crippen molar-refractivity contribution >= 4 is 29.1 Å². The summed E-state index contributed by atoms with van der Waals surface area (Å²) in [5.41, 5.74) is 2.87. The van der Waals surface area contributed by atoms with Crippen molar-refractivity contribution in [2.45, 2.75) is 38.3 Å². The van der Waals surface area contributed by atoms with Crippen LogP contribution in [0.2, 0.25) is 5.02 Å². The van der Waals surface area contributed by atoms with E-state index in [9.17, 15) is 9.59 Å². The van der Waals surface area contributed by atoms with Crippen LogP contribution in [0, 0.1) is 6.92 Å². The van der Waals surface area contributed by atoms with Crippen molar-refractivity contribution in [1.29, 1.82) is 0 Å². The molecule has 2 aliphatic rings. The molecule has 2 aromatic carbocycles. The third kappa shape index (κ3) is 3.52. The van der Waals surface area contributed by atoms with Crippen LogP contribution < -0.4 is 5.32 Å². The first-order valence-corrected chi connectivity index (χ1v) is 9.90. The second-order valence-electron chi connectivity index (χ2n) is 7.57. The Morgan fingerprint density at radius 2 is 1.96 bits per heavy atom. The summed E-state index contributed by atoms with van der Waals surface area (Å²) in [6.07, 6.45) is 1.53. The molecule has 0 atom stereocenters. The van der Waals surface area contributed by atoms with Crippen molar-refractivity contribution in [2.75, 3.05) is 18.5 Å². The van der Waals surface area contributed by atoms with Gasteiger partial charge >= 0.3 is 0 Å². The fraction of sp³-hybridized carbons (Fsp3) is 0.364. The molecule has 2 aromatic rings. The van der Waals surface area contributed by atoms with Gasteiger partial charge in [0.05, 0.1) is 12.0 Å². The van der Waals surface area contributed by atoms with Gasteiger partial charge in [-0.3, -0.25) is 9.59 Å². The van der Waals surface area contributed by atoms with Crippen molar-refractivity contribution in [3.05, 3.63) is 64.2 Å². The minimum atomic E-state index is -0.537. The van der Waals surface area contributed by atoms with Crippen molar-refractivity contribution in [3.8, 4) is 0 Å². The van der Waals surface area contributed by atoms with Gasteiger partial charge in [0.15, 0.2) is 0 Å². The van der Waals surface area contributed by atoms with Gasteiger partial charge in [-0.25, -0.2) is 0 Å². The maximum atomic E-state index is 13.1. The summed E-state index contributed by atoms with van der Waals surface area (Å²) < 4.78 is 5.54. The smallest absolute Gasteiger partial charge is 0.254 e. The van der Waals surface area contributed by atoms with E-state index < -0.39 is 5.54 Å². The molecule has 0 aliphatic carbocycles. The van der Waals surface area contributed by atoms with E-state index in [1.165, 1.54) is 0 Å². The number of nitrogens with zero attached hydrogens (tertiary/aromatic N) is 1. The summed E-state index contributed by atoms with van der Waals surface area (Å²) >= 11 is 6.07. The molecule has 6 heteroatoms. The maximum Gasteiger partial charge on any atom is 0.254 e. The molecule has 0 unspecified atom stereocenters. The molecule has 1 N–H and O–H groups in total. The number of anilines is 1. The number of nitrogens with one attached hydrogen (secondary N) is 1. The summed E-state index contributed by atoms with van der Waals surface area (Å²) in [5, 5.41) is 3.56. The van der Waals surface area contributed by atoms with E-state index >= 15 is 0 Å². The van der Waals surface area contributed by atoms with E-state index in [2.05, 4.69) is 5.32 Å². The molecule has 2 amide bonds. The molecule has 2 heterocycles. The average molecular weight is 399 g/mol. The summed E-state index contributed by atoms with van der Waals surface area (Å²) in [4.78, 5) is 27.9. The number of fused-ring (bicyclic) bond motifs is 1. The van der Waals surface area contributed by atoms with Gasteiger partial charge in [-0.2, -0.15) is 0 Å². The third-order valence-corrected chi connectivity index (χ3v) is 6.02. The van der Waals surface area contributed by atoms with Crippen LogP contribution in [0.4, 0.5) is 5.69 Å². The Hall–Kier alpha value is -2.37. The minimum Gasteiger partial charge on any atom is -0.381 e. The highest BCUT2D eigenvalue weighted by molar-refractivity contribution is 6.31. The maximum absolute atomic E-state index is 13.1. The Morgan fingerprint density at radius 1 is 1.21 bits per heavy atom. The number of halogens is 1. The number of hydrogen-bond acceptors (Lipinski definition) is 3. The first-order valence-electron chi connectivity index (χ1n) is 9.52. The highest BCUT2D eigenvalue weighted by Crippen LogP contribution is 2.38. The molecule has 0 radical (unpaired) electrons. The second kappa shape index (κ2) is 7.57. The lowest BCUT2D eigenvalue weighted by molar-refractivity contribution is -0.120. The predicted molar refractivity (Wildman–Crippen MR) is 109 cm³/mol. The van der Waals surface area contributed by atoms with Gasteiger partial charge in [-0.05, 0) is 49.1 Å². The van der Waals surface area contributed by atoms with E-state index in [1.54, 1.807) is 12.1 Å². The zero-order chi connectivity index (χ0) is 19.7. The Labute approximate surface area is 169 Å². The van der Waals surface area contributed by atoms with Gasteiger partial charge < -0.3 is 15.0 Å². The Kier molecular flexibility index (Phi) is 5.13. The second-order valence-corrected chi connectivity index (χ2v) is 8.01. The lowest BCUT2D eigenvalue weighted by Crippen LogP contribution is -2.54. The van der Waals surface area contributed by atoms with Gasteiger partial charge in [0.2, 0.25) is 5.91 Å². The first kappa shape index (κ1) is 19.0. The topological polar surface area (TPSA) is 58.6 Å². The zero-order valence-corrected chi connectivity index (χ0v) is 16.6. The Balaban J connectivity index is 1.57. The van der Waals surface area contributed by atoms with Crippen LogP contribution in [-0.4, -0.2) is 35.5 Å². The Bertz CT molecular complexity index is 922. The number of carbonyl (C=O) groups is 2. The van der Waals surface area contributed by atoms with Gasteiger partial charge in [-0.15, -0.1) is 0 Å². The number of aryl methyl sites for hydroxylation is 1. The number of benzene rings is 2. The first-order chi connectivity index (χ1) is 13.5. The molecule has 146 valence electrons. The summed E-state index contributed by atoms with van der Waals surface area (Å²) in [6, 6.07) is 13.1. The van der Waals surface area contributed by atoms with Crippen LogP contribution >= 0.6 is 11.6 Å². The molecule has 28 heavy (non-hydrogen) atoms. The van der Waals surface area contributed by atoms with Crippen LogP contribution in [0.15, 0.2) is 42.5 Å². The predicted octanol–water partition coefficient (Wildman–Crippen LogP) is 4.18. The Morgan fingerprint density at radius 3 is 2.71 bits per heavy atom. The fourth-order valence-electron chi connectivity index (χ4n) is 4.15. The van der Waals surface area contributed by atoms with Crippen LogP contribution in [0.1, 0.15) is 40.7 Å². The van der Waals surface area contributed by atoms with Crippen LogP contribution in [0.5, 0.6) is 0 Å². The number of carbonyl (C=O) groups excluding carboxylic acids is 2. The molecule has 0 aromatic heterocycles. The lowest BCUT2D eigenvalue weighted by Gasteiger charge is -2.44. The van der Waals surface area contributed by atoms with Crippen LogP contribution in [0.3, 0.4) is 0 Å². The van der Waals surface area contributed by atoms with E-state index in [1.807, 2.05) is 42.2 Å². The van der Waals surface area contributed by atoms with Crippen LogP contribution in [0.25, 0.3) is 0 Å². The van der Waals surface area contributed by atoms with Gasteiger partial charge in [0.25, 0.3) is 5.91 Å². The molecule has 2 aliphatic heterocycles. The van der Waals surface area contributed by atoms with E-state index in [0.29, 0.717) is 43.3 Å². The largest absolute Gasteiger partial charge is 0.381 e. The molecule has 0 saturated carbocycles. The van der Waals surface area contributed by atoms with Crippen molar-refractivity contribution in [3.63, 3.8) is 0 Å². The highest BCUT2D eigenvalue weighted by atomic mass is 35.5. The lowest BCUT2D eigenvalue weighted by atomic mass is 9.84. The average Bonchev–Trinajstić information content (AvgIpc) is 3.03. The molecular formula is C22H23ClN2O3. The molecule has 4 rings (SSSR count). The summed E-state index contributed by atoms with van der Waals surface area (Å²) in [6.45, 7) is 3.56. The molecule has 0 spiro atoms. The molecule has 0 bridgehead atoms. The summed E-state index contributed by atoms with van der Waals surface area (Å²) in [5.74, 6) is -0.111. The summed E-state index contributed by atoms with van der Waals surface area (Å²) in [7, 11) is 0. The number of ether oxygens (including phenoxy) is 1. The van der Waals surface area contributed by atoms with Crippen LogP contribution in [-0.2, 0) is 16.1 Å². The van der Waals surface area contributed by atoms with Crippen molar-refractivity contribution in [1.82, 2.24) is 4.90 Å². The van der Waals surface area contributed by atoms with Gasteiger partial charge in [0.1, 0.15) is 0 Å². The SMILES string of the molecule is Cc1ccc(Cl)cc1NC(=O)CC1(N2Cc3ccccc3C2=O)CCOCC1. The monoisotopic (exact) mass is 398 g/mol. The molecule has 1 fully saturated rings. The zero-order valence-electron chi connectivity index (χ0n) is 15.8. The van der Waals surface area contributed by atoms with E-state index in [-0.39, 0.29) is 18.2 Å². The standard InChI is InChI=1S/C22H23ClN2O3/c1-15-6-7-17(23)12-19(15)24-20(26)13-22(8-10-28-11-9-22)25-14-16-4-2-3-5-18(16)21(25)27/h2-7,12H,8-11,13-14H2,1H3,(H,24,26). The highest BCUT2D eigenvalue weighted by Gasteiger charge is 2.46. The molecular weight excluding hydrogens is 376 g/mol. The number of amides is 2. The molecule has 5 nitrogen and oxygen atoms in total.